The summed E-state index contributed by atoms with van der Waals surface area (Å²) in [4.78, 5) is 11.9. The monoisotopic (exact) mass is 338 g/mol. The van der Waals surface area contributed by atoms with Gasteiger partial charge < -0.3 is 14.2 Å². The number of allylic oxidation sites excluding steroid dienone is 1. The van der Waals surface area contributed by atoms with Gasteiger partial charge in [0.2, 0.25) is 11.4 Å². The summed E-state index contributed by atoms with van der Waals surface area (Å²) in [5, 5.41) is 0. The molecule has 2 aliphatic rings. The molecule has 0 N–H and O–H groups in total. The van der Waals surface area contributed by atoms with Gasteiger partial charge in [0.05, 0.1) is 20.8 Å². The molecule has 0 bridgehead atoms. The number of rotatable bonds is 2. The average Bonchev–Trinajstić information content (AvgIpc) is 2.98. The summed E-state index contributed by atoms with van der Waals surface area (Å²) >= 11 is 6.53. The normalized spacial score (nSPS) is 30.0. The predicted octanol–water partition coefficient (Wildman–Crippen LogP) is 1.84. The molecule has 0 saturated carbocycles. The number of epoxide rings is 1. The quantitative estimate of drug-likeness (QED) is 0.720. The Bertz CT molecular complexity index is 393. The molecule has 6 heteroatoms. The zero-order chi connectivity index (χ0) is 11.2. The van der Waals surface area contributed by atoms with Crippen LogP contribution in [0.2, 0.25) is 0 Å². The molecule has 1 heterocycles. The molecule has 0 aromatic carbocycles. The maximum Gasteiger partial charge on any atom is 0.215 e. The summed E-state index contributed by atoms with van der Waals surface area (Å²) in [5.41, 5.74) is -0.936. The number of ketones is 1. The Balaban J connectivity index is 2.57. The van der Waals surface area contributed by atoms with Gasteiger partial charge in [-0.05, 0) is 31.9 Å². The molecule has 2 rings (SSSR count). The first-order chi connectivity index (χ1) is 7.08. The van der Waals surface area contributed by atoms with Crippen molar-refractivity contribution in [1.29, 1.82) is 0 Å². The molecule has 1 saturated heterocycles. The first kappa shape index (κ1) is 11.2. The molecule has 15 heavy (non-hydrogen) atoms. The van der Waals surface area contributed by atoms with E-state index in [9.17, 15) is 4.79 Å². The van der Waals surface area contributed by atoms with Gasteiger partial charge in [-0.2, -0.15) is 0 Å². The van der Waals surface area contributed by atoms with Crippen LogP contribution in [0.15, 0.2) is 20.5 Å². The number of Topliss-reactive ketones (excluding diaryl/α,β-unsaturated/α-hetero) is 1. The highest BCUT2D eigenvalue weighted by molar-refractivity contribution is 9.12. The van der Waals surface area contributed by atoms with E-state index in [0.717, 1.165) is 0 Å². The highest BCUT2D eigenvalue weighted by Gasteiger charge is 2.61. The van der Waals surface area contributed by atoms with E-state index in [-0.39, 0.29) is 5.78 Å². The molecule has 0 amide bonds. The van der Waals surface area contributed by atoms with Crippen LogP contribution in [0.1, 0.15) is 0 Å². The Morgan fingerprint density at radius 2 is 1.87 bits per heavy atom. The van der Waals surface area contributed by atoms with Crippen molar-refractivity contribution in [2.45, 2.75) is 5.60 Å². The number of halogens is 2. The van der Waals surface area contributed by atoms with Gasteiger partial charge in [0, 0.05) is 0 Å². The van der Waals surface area contributed by atoms with E-state index in [4.69, 9.17) is 14.2 Å². The third kappa shape index (κ3) is 1.38. The second kappa shape index (κ2) is 3.61. The summed E-state index contributed by atoms with van der Waals surface area (Å²) < 4.78 is 16.5. The maximum absolute atomic E-state index is 11.9. The van der Waals surface area contributed by atoms with E-state index < -0.39 is 5.60 Å². The van der Waals surface area contributed by atoms with Gasteiger partial charge in [-0.1, -0.05) is 0 Å². The first-order valence-electron chi connectivity index (χ1n) is 4.15. The van der Waals surface area contributed by atoms with Crippen molar-refractivity contribution in [2.75, 3.05) is 20.8 Å². The molecule has 1 fully saturated rings. The van der Waals surface area contributed by atoms with Crippen molar-refractivity contribution < 1.29 is 19.0 Å². The zero-order valence-corrected chi connectivity index (χ0v) is 11.3. The largest absolute Gasteiger partial charge is 0.496 e. The SMILES string of the molecule is COC1=C(Br)C(=O)C2(CO2)C(OC)=C1Br. The highest BCUT2D eigenvalue weighted by Crippen LogP contribution is 2.48. The topological polar surface area (TPSA) is 48.1 Å². The molecule has 82 valence electrons. The minimum atomic E-state index is -0.936. The minimum absolute atomic E-state index is 0.167. The maximum atomic E-state index is 11.9. The third-order valence-corrected chi connectivity index (χ3v) is 3.81. The van der Waals surface area contributed by atoms with E-state index in [2.05, 4.69) is 31.9 Å². The first-order valence-corrected chi connectivity index (χ1v) is 5.74. The Kier molecular flexibility index (Phi) is 2.68. The number of hydrogen-bond acceptors (Lipinski definition) is 4. The van der Waals surface area contributed by atoms with Crippen molar-refractivity contribution in [3.05, 3.63) is 20.5 Å². The molecule has 4 nitrogen and oxygen atoms in total. The molecule has 1 atom stereocenters. The number of carbonyl (C=O) groups excluding carboxylic acids is 1. The minimum Gasteiger partial charge on any atom is -0.496 e. The number of ether oxygens (including phenoxy) is 3. The zero-order valence-electron chi connectivity index (χ0n) is 8.10. The second-order valence-corrected chi connectivity index (χ2v) is 4.73. The van der Waals surface area contributed by atoms with Crippen LogP contribution in [0.25, 0.3) is 0 Å². The van der Waals surface area contributed by atoms with Gasteiger partial charge in [-0.3, -0.25) is 4.79 Å². The summed E-state index contributed by atoms with van der Waals surface area (Å²) in [6, 6.07) is 0. The highest BCUT2D eigenvalue weighted by atomic mass is 79.9. The summed E-state index contributed by atoms with van der Waals surface area (Å²) in [7, 11) is 2.99. The van der Waals surface area contributed by atoms with Crippen molar-refractivity contribution in [1.82, 2.24) is 0 Å². The lowest BCUT2D eigenvalue weighted by Crippen LogP contribution is -2.33. The van der Waals surface area contributed by atoms with Crippen molar-refractivity contribution in [3.63, 3.8) is 0 Å². The fraction of sp³-hybridized carbons (Fsp3) is 0.444. The van der Waals surface area contributed by atoms with Crippen LogP contribution in [0.5, 0.6) is 0 Å². The molecular weight excluding hydrogens is 332 g/mol. The average molecular weight is 340 g/mol. The van der Waals surface area contributed by atoms with Gasteiger partial charge in [0.25, 0.3) is 0 Å². The fourth-order valence-corrected chi connectivity index (χ4v) is 3.32. The summed E-state index contributed by atoms with van der Waals surface area (Å²) in [5.74, 6) is 0.727. The number of carbonyl (C=O) groups is 1. The molecule has 1 unspecified atom stereocenters. The molecule has 1 aliphatic heterocycles. The van der Waals surface area contributed by atoms with Gasteiger partial charge in [-0.25, -0.2) is 0 Å². The van der Waals surface area contributed by atoms with Crippen LogP contribution < -0.4 is 0 Å². The van der Waals surface area contributed by atoms with Gasteiger partial charge in [0.1, 0.15) is 8.96 Å². The van der Waals surface area contributed by atoms with Crippen molar-refractivity contribution >= 4 is 37.6 Å². The Hall–Kier alpha value is -0.330. The lowest BCUT2D eigenvalue weighted by atomic mass is 9.97. The Morgan fingerprint density at radius 3 is 2.27 bits per heavy atom. The smallest absolute Gasteiger partial charge is 0.215 e. The molecule has 0 radical (unpaired) electrons. The summed E-state index contributed by atoms with van der Waals surface area (Å²) in [6.45, 7) is 0.343. The third-order valence-electron chi connectivity index (χ3n) is 2.37. The van der Waals surface area contributed by atoms with E-state index in [1.807, 2.05) is 0 Å². The van der Waals surface area contributed by atoms with E-state index >= 15 is 0 Å². The van der Waals surface area contributed by atoms with Gasteiger partial charge in [-0.15, -0.1) is 0 Å². The Morgan fingerprint density at radius 1 is 1.27 bits per heavy atom. The fourth-order valence-electron chi connectivity index (χ4n) is 1.53. The molecule has 0 aromatic heterocycles. The number of methoxy groups -OCH3 is 2. The molecule has 1 aliphatic carbocycles. The van der Waals surface area contributed by atoms with Gasteiger partial charge >= 0.3 is 0 Å². The van der Waals surface area contributed by atoms with E-state index in [1.165, 1.54) is 14.2 Å². The van der Waals surface area contributed by atoms with Crippen LogP contribution in [-0.4, -0.2) is 32.2 Å². The van der Waals surface area contributed by atoms with Crippen molar-refractivity contribution in [2.24, 2.45) is 0 Å². The van der Waals surface area contributed by atoms with Crippen LogP contribution in [0, 0.1) is 0 Å². The van der Waals surface area contributed by atoms with Crippen molar-refractivity contribution in [3.8, 4) is 0 Å². The molecular formula is C9H8Br2O4. The Labute approximate surface area is 104 Å². The summed E-state index contributed by atoms with van der Waals surface area (Å²) in [6.07, 6.45) is 0. The molecule has 1 spiro atoms. The van der Waals surface area contributed by atoms with Crippen LogP contribution in [-0.2, 0) is 19.0 Å². The van der Waals surface area contributed by atoms with E-state index in [1.54, 1.807) is 0 Å². The lowest BCUT2D eigenvalue weighted by molar-refractivity contribution is -0.120. The van der Waals surface area contributed by atoms with Crippen LogP contribution in [0.4, 0.5) is 0 Å². The standard InChI is InChI=1S/C9H8Br2O4/c1-13-6-4(10)7(12)9(3-15-9)8(14-2)5(6)11/h3H2,1-2H3. The predicted molar refractivity (Wildman–Crippen MR) is 59.6 cm³/mol. The van der Waals surface area contributed by atoms with Crippen LogP contribution in [0.3, 0.4) is 0 Å². The second-order valence-electron chi connectivity index (χ2n) is 3.14. The van der Waals surface area contributed by atoms with E-state index in [0.29, 0.717) is 27.1 Å². The van der Waals surface area contributed by atoms with Crippen LogP contribution >= 0.6 is 31.9 Å². The lowest BCUT2D eigenvalue weighted by Gasteiger charge is -2.22. The molecule has 0 aromatic rings. The van der Waals surface area contributed by atoms with Gasteiger partial charge in [0.15, 0.2) is 11.5 Å². The number of hydrogen-bond donors (Lipinski definition) is 0.